The van der Waals surface area contributed by atoms with Gasteiger partial charge in [-0.2, -0.15) is 13.2 Å². The second kappa shape index (κ2) is 4.18. The van der Waals surface area contributed by atoms with Crippen LogP contribution in [0.2, 0.25) is 0 Å². The Hall–Kier alpha value is -1.29. The van der Waals surface area contributed by atoms with Gasteiger partial charge in [-0.25, -0.2) is 0 Å². The van der Waals surface area contributed by atoms with Gasteiger partial charge in [0.2, 0.25) is 0 Å². The number of halogens is 3. The van der Waals surface area contributed by atoms with Crippen LogP contribution < -0.4 is 0 Å². The lowest BCUT2D eigenvalue weighted by atomic mass is 10.1. The van der Waals surface area contributed by atoms with Gasteiger partial charge in [0.05, 0.1) is 12.2 Å². The first kappa shape index (κ1) is 12.2. The first-order valence-corrected chi connectivity index (χ1v) is 5.43. The molecule has 0 unspecified atom stereocenters. The van der Waals surface area contributed by atoms with E-state index in [2.05, 4.69) is 0 Å². The highest BCUT2D eigenvalue weighted by Gasteiger charge is 2.39. The van der Waals surface area contributed by atoms with Crippen LogP contribution in [0.3, 0.4) is 0 Å². The van der Waals surface area contributed by atoms with Crippen molar-refractivity contribution in [1.82, 2.24) is 0 Å². The molecule has 92 valence electrons. The van der Waals surface area contributed by atoms with Gasteiger partial charge in [0, 0.05) is 5.41 Å². The molecule has 4 heteroatoms. The standard InChI is InChI=1S/C13H13F3O/c14-13(15,16)11-3-1-10(2-4-11)5-6-12(9-17)7-8-12/h1-6,17H,7-9H2. The third-order valence-corrected chi connectivity index (χ3v) is 3.07. The topological polar surface area (TPSA) is 20.2 Å². The van der Waals surface area contributed by atoms with Crippen molar-refractivity contribution in [2.75, 3.05) is 6.61 Å². The summed E-state index contributed by atoms with van der Waals surface area (Å²) in [7, 11) is 0. The average Bonchev–Trinajstić information content (AvgIpc) is 3.06. The molecule has 0 heterocycles. The van der Waals surface area contributed by atoms with Crippen LogP contribution in [-0.4, -0.2) is 11.7 Å². The molecule has 1 aromatic carbocycles. The van der Waals surface area contributed by atoms with Gasteiger partial charge in [0.15, 0.2) is 0 Å². The molecule has 1 saturated carbocycles. The lowest BCUT2D eigenvalue weighted by molar-refractivity contribution is -0.137. The van der Waals surface area contributed by atoms with E-state index in [1.54, 1.807) is 6.08 Å². The van der Waals surface area contributed by atoms with Crippen molar-refractivity contribution in [3.8, 4) is 0 Å². The molecule has 1 N–H and O–H groups in total. The summed E-state index contributed by atoms with van der Waals surface area (Å²) in [4.78, 5) is 0. The summed E-state index contributed by atoms with van der Waals surface area (Å²) < 4.78 is 36.9. The van der Waals surface area contributed by atoms with Crippen molar-refractivity contribution in [3.63, 3.8) is 0 Å². The summed E-state index contributed by atoms with van der Waals surface area (Å²) in [5, 5.41) is 9.09. The van der Waals surface area contributed by atoms with Gasteiger partial charge in [0.25, 0.3) is 0 Å². The van der Waals surface area contributed by atoms with Crippen LogP contribution in [-0.2, 0) is 6.18 Å². The Bertz CT molecular complexity index is 413. The van der Waals surface area contributed by atoms with E-state index in [4.69, 9.17) is 5.11 Å². The minimum Gasteiger partial charge on any atom is -0.395 e. The maximum Gasteiger partial charge on any atom is 0.416 e. The van der Waals surface area contributed by atoms with E-state index in [-0.39, 0.29) is 12.0 Å². The molecule has 0 bridgehead atoms. The van der Waals surface area contributed by atoms with E-state index in [0.717, 1.165) is 30.5 Å². The van der Waals surface area contributed by atoms with Crippen LogP contribution in [0.15, 0.2) is 30.3 Å². The highest BCUT2D eigenvalue weighted by atomic mass is 19.4. The Balaban J connectivity index is 2.09. The summed E-state index contributed by atoms with van der Waals surface area (Å²) in [6.07, 6.45) is 1.26. The van der Waals surface area contributed by atoms with Crippen LogP contribution in [0.1, 0.15) is 24.0 Å². The Morgan fingerprint density at radius 1 is 1.18 bits per heavy atom. The molecule has 0 radical (unpaired) electrons. The van der Waals surface area contributed by atoms with Crippen molar-refractivity contribution in [2.45, 2.75) is 19.0 Å². The monoisotopic (exact) mass is 242 g/mol. The zero-order valence-electron chi connectivity index (χ0n) is 9.17. The maximum absolute atomic E-state index is 12.3. The highest BCUT2D eigenvalue weighted by molar-refractivity contribution is 5.51. The number of rotatable bonds is 3. The molecule has 0 amide bonds. The summed E-state index contributed by atoms with van der Waals surface area (Å²) in [5.74, 6) is 0. The molecular weight excluding hydrogens is 229 g/mol. The maximum atomic E-state index is 12.3. The molecule has 2 rings (SSSR count). The minimum absolute atomic E-state index is 0.101. The van der Waals surface area contributed by atoms with Gasteiger partial charge in [-0.15, -0.1) is 0 Å². The van der Waals surface area contributed by atoms with Gasteiger partial charge in [-0.3, -0.25) is 0 Å². The van der Waals surface area contributed by atoms with Crippen molar-refractivity contribution >= 4 is 6.08 Å². The number of alkyl halides is 3. The molecule has 1 fully saturated rings. The van der Waals surface area contributed by atoms with Crippen LogP contribution >= 0.6 is 0 Å². The fourth-order valence-electron chi connectivity index (χ4n) is 1.59. The highest BCUT2D eigenvalue weighted by Crippen LogP contribution is 2.46. The average molecular weight is 242 g/mol. The smallest absolute Gasteiger partial charge is 0.395 e. The van der Waals surface area contributed by atoms with E-state index in [1.165, 1.54) is 12.1 Å². The Kier molecular flexibility index (Phi) is 3.00. The Morgan fingerprint density at radius 2 is 1.76 bits per heavy atom. The zero-order chi connectivity index (χ0) is 12.5. The van der Waals surface area contributed by atoms with Crippen molar-refractivity contribution < 1.29 is 18.3 Å². The van der Waals surface area contributed by atoms with Gasteiger partial charge in [0.1, 0.15) is 0 Å². The summed E-state index contributed by atoms with van der Waals surface area (Å²) >= 11 is 0. The lowest BCUT2D eigenvalue weighted by Gasteiger charge is -2.07. The molecule has 0 saturated heterocycles. The summed E-state index contributed by atoms with van der Waals surface area (Å²) in [6.45, 7) is 0.101. The van der Waals surface area contributed by atoms with E-state index in [0.29, 0.717) is 0 Å². The minimum atomic E-state index is -4.29. The number of hydrogen-bond donors (Lipinski definition) is 1. The number of benzene rings is 1. The lowest BCUT2D eigenvalue weighted by Crippen LogP contribution is -2.04. The Morgan fingerprint density at radius 3 is 2.18 bits per heavy atom. The van der Waals surface area contributed by atoms with E-state index in [1.807, 2.05) is 6.08 Å². The van der Waals surface area contributed by atoms with Crippen LogP contribution in [0.5, 0.6) is 0 Å². The first-order chi connectivity index (χ1) is 7.95. The molecule has 0 spiro atoms. The van der Waals surface area contributed by atoms with E-state index in [9.17, 15) is 13.2 Å². The van der Waals surface area contributed by atoms with Gasteiger partial charge in [-0.05, 0) is 30.5 Å². The summed E-state index contributed by atoms with van der Waals surface area (Å²) in [5.41, 5.74) is -0.0430. The number of hydrogen-bond acceptors (Lipinski definition) is 1. The fourth-order valence-corrected chi connectivity index (χ4v) is 1.59. The predicted octanol–water partition coefficient (Wildman–Crippen LogP) is 3.49. The molecule has 1 nitrogen and oxygen atoms in total. The van der Waals surface area contributed by atoms with Gasteiger partial charge < -0.3 is 5.11 Å². The van der Waals surface area contributed by atoms with Crippen molar-refractivity contribution in [1.29, 1.82) is 0 Å². The number of aliphatic hydroxyl groups excluding tert-OH is 1. The molecule has 0 aromatic heterocycles. The van der Waals surface area contributed by atoms with Gasteiger partial charge in [-0.1, -0.05) is 24.3 Å². The predicted molar refractivity (Wildman–Crippen MR) is 59.2 cm³/mol. The second-order valence-corrected chi connectivity index (χ2v) is 4.47. The van der Waals surface area contributed by atoms with Crippen molar-refractivity contribution in [2.24, 2.45) is 5.41 Å². The molecule has 0 atom stereocenters. The fraction of sp³-hybridized carbons (Fsp3) is 0.385. The third-order valence-electron chi connectivity index (χ3n) is 3.07. The van der Waals surface area contributed by atoms with Crippen LogP contribution in [0, 0.1) is 5.41 Å². The molecule has 17 heavy (non-hydrogen) atoms. The molecule has 0 aliphatic heterocycles. The van der Waals surface area contributed by atoms with Crippen LogP contribution in [0.25, 0.3) is 6.08 Å². The largest absolute Gasteiger partial charge is 0.416 e. The second-order valence-electron chi connectivity index (χ2n) is 4.47. The molecular formula is C13H13F3O. The zero-order valence-corrected chi connectivity index (χ0v) is 9.17. The van der Waals surface area contributed by atoms with E-state index >= 15 is 0 Å². The first-order valence-electron chi connectivity index (χ1n) is 5.43. The quantitative estimate of drug-likeness (QED) is 0.860. The summed E-state index contributed by atoms with van der Waals surface area (Å²) in [6, 6.07) is 5.01. The normalized spacial score (nSPS) is 18.6. The van der Waals surface area contributed by atoms with Crippen LogP contribution in [0.4, 0.5) is 13.2 Å². The van der Waals surface area contributed by atoms with Gasteiger partial charge >= 0.3 is 6.18 Å². The Labute approximate surface area is 97.6 Å². The van der Waals surface area contributed by atoms with Crippen molar-refractivity contribution in [3.05, 3.63) is 41.5 Å². The molecule has 1 aliphatic carbocycles. The SMILES string of the molecule is OCC1(C=Cc2ccc(C(F)(F)F)cc2)CC1. The molecule has 1 aromatic rings. The molecule has 1 aliphatic rings. The third kappa shape index (κ3) is 2.88. The number of aliphatic hydroxyl groups is 1. The van der Waals surface area contributed by atoms with E-state index < -0.39 is 11.7 Å².